The second kappa shape index (κ2) is 33.9. The molecule has 1 aliphatic rings. The van der Waals surface area contributed by atoms with E-state index >= 15 is 0 Å². The molecule has 4 aromatic rings. The van der Waals surface area contributed by atoms with E-state index in [1.54, 1.807) is 39.8 Å². The van der Waals surface area contributed by atoms with Gasteiger partial charge in [-0.2, -0.15) is 0 Å². The molecule has 0 unspecified atom stereocenters. The average Bonchev–Trinajstić information content (AvgIpc) is 3.51. The molecule has 10 N–H and O–H groups in total. The molecule has 86 heavy (non-hydrogen) atoms. The van der Waals surface area contributed by atoms with E-state index in [1.165, 1.54) is 84.2 Å². The maximum Gasteiger partial charge on any atom is 0.327 e. The highest BCUT2D eigenvalue weighted by Gasteiger charge is 2.25. The van der Waals surface area contributed by atoms with E-state index in [9.17, 15) is 45.6 Å². The van der Waals surface area contributed by atoms with Gasteiger partial charge in [0.1, 0.15) is 8.64 Å². The third kappa shape index (κ3) is 21.3. The van der Waals surface area contributed by atoms with E-state index in [0.717, 1.165) is 52.4 Å². The Kier molecular flexibility index (Phi) is 27.6. The first-order valence-electron chi connectivity index (χ1n) is 27.9. The van der Waals surface area contributed by atoms with Gasteiger partial charge in [-0.3, -0.25) is 59.9 Å². The molecule has 1 saturated heterocycles. The van der Waals surface area contributed by atoms with Gasteiger partial charge in [-0.05, 0) is 164 Å². The van der Waals surface area contributed by atoms with Gasteiger partial charge in [0.25, 0.3) is 20.0 Å². The van der Waals surface area contributed by atoms with Crippen LogP contribution < -0.4 is 52.4 Å². The summed E-state index contributed by atoms with van der Waals surface area (Å²) >= 11 is 13.3. The van der Waals surface area contributed by atoms with Crippen molar-refractivity contribution in [1.82, 2.24) is 41.1 Å². The number of hydrogen-bond acceptors (Lipinski definition) is 18. The zero-order valence-corrected chi connectivity index (χ0v) is 54.5. The fraction of sp³-hybridized carbons (Fsp3) is 0.429. The van der Waals surface area contributed by atoms with Gasteiger partial charge in [-0.25, -0.2) is 16.8 Å². The Morgan fingerprint density at radius 2 is 0.814 bits per heavy atom. The van der Waals surface area contributed by atoms with Crippen molar-refractivity contribution in [3.05, 3.63) is 95.1 Å². The van der Waals surface area contributed by atoms with Crippen molar-refractivity contribution in [3.8, 4) is 0 Å². The number of hydrazine groups is 2. The molecule has 1 aliphatic heterocycles. The van der Waals surface area contributed by atoms with Gasteiger partial charge >= 0.3 is 23.6 Å². The summed E-state index contributed by atoms with van der Waals surface area (Å²) in [4.78, 5) is 84.3. The number of thiocarbonyl (C=S) groups is 2. The van der Waals surface area contributed by atoms with Gasteiger partial charge < -0.3 is 40.9 Å². The van der Waals surface area contributed by atoms with Crippen LogP contribution in [0.3, 0.4) is 0 Å². The normalized spacial score (nSPS) is 12.7. The van der Waals surface area contributed by atoms with Crippen molar-refractivity contribution in [3.63, 3.8) is 0 Å². The Labute approximate surface area is 523 Å². The smallest absolute Gasteiger partial charge is 0.327 e. The average molecular weight is 1300 g/mol. The van der Waals surface area contributed by atoms with Crippen molar-refractivity contribution >= 4 is 146 Å². The van der Waals surface area contributed by atoms with Crippen LogP contribution in [0.1, 0.15) is 62.8 Å². The highest BCUT2D eigenvalue weighted by Crippen LogP contribution is 2.31. The second-order valence-electron chi connectivity index (χ2n) is 19.7. The summed E-state index contributed by atoms with van der Waals surface area (Å²) < 4.78 is 60.4. The number of nitrogens with one attached hydrogen (secondary N) is 10. The number of benzene rings is 4. The zero-order valence-electron chi connectivity index (χ0n) is 49.6. The maximum atomic E-state index is 13.5. The molecule has 0 radical (unpaired) electrons. The predicted molar refractivity (Wildman–Crippen MR) is 351 cm³/mol. The number of piperazine rings is 1. The lowest BCUT2D eigenvalue weighted by Gasteiger charge is -2.34. The lowest BCUT2D eigenvalue weighted by Crippen LogP contribution is -2.48. The molecule has 0 saturated carbocycles. The summed E-state index contributed by atoms with van der Waals surface area (Å²) in [6, 6.07) is 18.2. The van der Waals surface area contributed by atoms with Crippen molar-refractivity contribution in [2.75, 3.05) is 121 Å². The van der Waals surface area contributed by atoms with E-state index in [1.807, 2.05) is 37.5 Å². The van der Waals surface area contributed by atoms with E-state index in [-0.39, 0.29) is 57.6 Å². The van der Waals surface area contributed by atoms with Gasteiger partial charge in [0, 0.05) is 88.2 Å². The first kappa shape index (κ1) is 70.0. The molecular weight excluding hydrogens is 1220 g/mol. The number of amides is 6. The maximum absolute atomic E-state index is 13.5. The number of aryl methyl sites for hydroxylation is 2. The number of anilines is 6. The summed E-state index contributed by atoms with van der Waals surface area (Å²) in [6.07, 6.45) is 1.22. The first-order chi connectivity index (χ1) is 40.9. The highest BCUT2D eigenvalue weighted by molar-refractivity contribution is 8.23. The van der Waals surface area contributed by atoms with Crippen LogP contribution >= 0.6 is 48.0 Å². The molecule has 468 valence electrons. The highest BCUT2D eigenvalue weighted by atomic mass is 32.2. The summed E-state index contributed by atoms with van der Waals surface area (Å²) in [5.41, 5.74) is 14.2. The number of nitrogens with zero attached hydrogens (tertiary/aromatic N) is 4. The standard InChI is InChI=1S/C56H78N14O10S6/c1-9-69(10-2)55(81)83-35-47(71)59-49-37(5)15-25-45(39(49)7)85(77,78)65-43-21-17-41(18-22-43)61-63-53(75)51(73)57-27-13-29-67-31-33-68(34-32-67)30-14-28-58-52(74)54(76)64-62-42-19-23-44(24-20-42)66-86(79,80)46-26-16-38(6)50(40(46)8)60-48(72)36-84-56(82)70(11-3)12-4/h15-26,61-62,65-66H,9-14,27-36H2,1-8H3,(H,57,73)(H,58,74)(H,59,71)(H,60,72)(H,63,75)(H,64,76). The lowest BCUT2D eigenvalue weighted by molar-refractivity contribution is -0.138. The summed E-state index contributed by atoms with van der Waals surface area (Å²) in [6.45, 7) is 22.7. The molecular formula is C56H78N14O10S6. The van der Waals surface area contributed by atoms with Crippen LogP contribution in [-0.4, -0.2) is 171 Å². The molecule has 30 heteroatoms. The Balaban J connectivity index is 0.923. The van der Waals surface area contributed by atoms with Crippen molar-refractivity contribution in [1.29, 1.82) is 0 Å². The minimum atomic E-state index is -4.09. The molecule has 0 spiro atoms. The Hall–Kier alpha value is -6.80. The van der Waals surface area contributed by atoms with Gasteiger partial charge in [0.2, 0.25) is 11.8 Å². The van der Waals surface area contributed by atoms with Crippen LogP contribution in [0.25, 0.3) is 0 Å². The molecule has 5 rings (SSSR count). The van der Waals surface area contributed by atoms with Crippen LogP contribution in [0.4, 0.5) is 34.1 Å². The Bertz CT molecular complexity index is 3070. The third-order valence-corrected chi connectivity index (χ3v) is 19.8. The number of hydrogen-bond donors (Lipinski definition) is 10. The summed E-state index contributed by atoms with van der Waals surface area (Å²) in [5, 5.41) is 10.9. The minimum Gasteiger partial charge on any atom is -0.358 e. The minimum absolute atomic E-state index is 0.0139. The molecule has 0 aliphatic carbocycles. The number of thioether (sulfide) groups is 2. The Morgan fingerprint density at radius 1 is 0.488 bits per heavy atom. The van der Waals surface area contributed by atoms with Crippen LogP contribution in [0.5, 0.6) is 0 Å². The van der Waals surface area contributed by atoms with E-state index in [2.05, 4.69) is 62.2 Å². The van der Waals surface area contributed by atoms with Gasteiger partial charge in [-0.15, -0.1) is 0 Å². The quantitative estimate of drug-likeness (QED) is 0.0149. The number of rotatable bonds is 28. The second-order valence-corrected chi connectivity index (χ2v) is 26.3. The molecule has 4 aromatic carbocycles. The fourth-order valence-corrected chi connectivity index (χ4v) is 13.8. The van der Waals surface area contributed by atoms with Crippen LogP contribution in [-0.2, 0) is 48.8 Å². The number of sulfonamides is 2. The van der Waals surface area contributed by atoms with Crippen molar-refractivity contribution in [2.24, 2.45) is 0 Å². The van der Waals surface area contributed by atoms with Crippen LogP contribution in [0, 0.1) is 27.7 Å². The molecule has 0 atom stereocenters. The monoisotopic (exact) mass is 1300 g/mol. The van der Waals surface area contributed by atoms with Crippen LogP contribution in [0.2, 0.25) is 0 Å². The topological polar surface area (TPSA) is 304 Å². The molecule has 6 amide bonds. The fourth-order valence-electron chi connectivity index (χ4n) is 8.82. The van der Waals surface area contributed by atoms with Crippen molar-refractivity contribution < 1.29 is 45.6 Å². The van der Waals surface area contributed by atoms with Crippen LogP contribution in [0.15, 0.2) is 82.6 Å². The van der Waals surface area contributed by atoms with Crippen molar-refractivity contribution in [2.45, 2.75) is 78.0 Å². The number of carbonyl (C=O) groups excluding carboxylic acids is 6. The summed E-state index contributed by atoms with van der Waals surface area (Å²) in [7, 11) is -8.17. The number of carbonyl (C=O) groups is 6. The van der Waals surface area contributed by atoms with E-state index in [0.29, 0.717) is 79.6 Å². The third-order valence-electron chi connectivity index (χ3n) is 13.7. The lowest BCUT2D eigenvalue weighted by atomic mass is 10.1. The predicted octanol–water partition coefficient (Wildman–Crippen LogP) is 5.34. The molecule has 0 aromatic heterocycles. The zero-order chi connectivity index (χ0) is 63.1. The largest absolute Gasteiger partial charge is 0.358 e. The van der Waals surface area contributed by atoms with E-state index < -0.39 is 43.7 Å². The molecule has 1 fully saturated rings. The Morgan fingerprint density at radius 3 is 1.14 bits per heavy atom. The molecule has 1 heterocycles. The van der Waals surface area contributed by atoms with Gasteiger partial charge in [0.05, 0.1) is 32.7 Å². The summed E-state index contributed by atoms with van der Waals surface area (Å²) in [5.74, 6) is -3.96. The van der Waals surface area contributed by atoms with E-state index in [4.69, 9.17) is 24.4 Å². The molecule has 24 nitrogen and oxygen atoms in total. The molecule has 0 bridgehead atoms. The SMILES string of the molecule is CCN(CC)C(=S)SCC(=O)Nc1c(C)ccc(S(=O)(=O)Nc2ccc(NNC(=O)C(=O)NCCCN3CCN(CCCNC(=O)C(=O)NNc4ccc(NS(=O)(=O)c5ccc(C)c(NC(=O)CSC(=S)N(CC)CC)c5C)cc4)CC3)cc2)c1C. The van der Waals surface area contributed by atoms with Gasteiger partial charge in [-0.1, -0.05) is 60.1 Å². The van der Waals surface area contributed by atoms with Gasteiger partial charge in [0.15, 0.2) is 0 Å². The first-order valence-corrected chi connectivity index (χ1v) is 33.7.